The molecule has 4 rings (SSSR count). The molecule has 5 heteroatoms. The minimum absolute atomic E-state index is 0.0975. The Hall–Kier alpha value is -3.52. The quantitative estimate of drug-likeness (QED) is 0.667. The van der Waals surface area contributed by atoms with E-state index in [1.165, 1.54) is 0 Å². The fourth-order valence-electron chi connectivity index (χ4n) is 5.18. The number of nitrogens with zero attached hydrogens (tertiary/aromatic N) is 3. The highest BCUT2D eigenvalue weighted by Gasteiger charge is 2.44. The summed E-state index contributed by atoms with van der Waals surface area (Å²) in [6, 6.07) is 20.4. The standard InChI is InChI=1S/C28H32N4O/c1-5-31(6-2)20-14-12-19(13-15-20)25-22(18-29)27(30)32(21-10-8-7-9-11-21)23-16-28(3,4)17-24(33)26(23)25/h7-15,25H,5-6,16-17,30H2,1-4H3. The van der Waals surface area contributed by atoms with Crippen molar-refractivity contribution in [2.24, 2.45) is 11.1 Å². The predicted molar refractivity (Wildman–Crippen MR) is 134 cm³/mol. The Balaban J connectivity index is 1.90. The summed E-state index contributed by atoms with van der Waals surface area (Å²) in [6.07, 6.45) is 1.18. The van der Waals surface area contributed by atoms with E-state index in [9.17, 15) is 10.1 Å². The third-order valence-corrected chi connectivity index (χ3v) is 6.75. The number of ketones is 1. The fraction of sp³-hybridized carbons (Fsp3) is 0.357. The lowest BCUT2D eigenvalue weighted by atomic mass is 9.68. The Morgan fingerprint density at radius 3 is 2.27 bits per heavy atom. The van der Waals surface area contributed by atoms with Gasteiger partial charge in [-0.15, -0.1) is 0 Å². The molecule has 0 fully saturated rings. The second-order valence-electron chi connectivity index (χ2n) is 9.58. The molecule has 170 valence electrons. The minimum atomic E-state index is -0.445. The van der Waals surface area contributed by atoms with Gasteiger partial charge in [-0.05, 0) is 55.5 Å². The van der Waals surface area contributed by atoms with Gasteiger partial charge in [-0.25, -0.2) is 0 Å². The monoisotopic (exact) mass is 440 g/mol. The lowest BCUT2D eigenvalue weighted by Gasteiger charge is -2.43. The fourth-order valence-corrected chi connectivity index (χ4v) is 5.18. The van der Waals surface area contributed by atoms with Crippen molar-refractivity contribution in [3.8, 4) is 6.07 Å². The van der Waals surface area contributed by atoms with E-state index in [1.54, 1.807) is 0 Å². The van der Waals surface area contributed by atoms with Crippen LogP contribution in [0.25, 0.3) is 0 Å². The van der Waals surface area contributed by atoms with E-state index in [1.807, 2.05) is 47.4 Å². The smallest absolute Gasteiger partial charge is 0.162 e. The zero-order valence-electron chi connectivity index (χ0n) is 19.9. The predicted octanol–water partition coefficient (Wildman–Crippen LogP) is 5.47. The number of allylic oxidation sites excluding steroid dienone is 3. The normalized spacial score (nSPS) is 19.9. The molecule has 1 atom stereocenters. The van der Waals surface area contributed by atoms with Crippen LogP contribution in [0.15, 0.2) is 77.3 Å². The van der Waals surface area contributed by atoms with Gasteiger partial charge in [0.1, 0.15) is 5.82 Å². The summed E-state index contributed by atoms with van der Waals surface area (Å²) in [5, 5.41) is 10.2. The van der Waals surface area contributed by atoms with E-state index in [2.05, 4.69) is 50.8 Å². The molecule has 0 spiro atoms. The molecule has 1 aliphatic heterocycles. The van der Waals surface area contributed by atoms with E-state index in [-0.39, 0.29) is 11.2 Å². The van der Waals surface area contributed by atoms with E-state index < -0.39 is 5.92 Å². The lowest BCUT2D eigenvalue weighted by molar-refractivity contribution is -0.118. The zero-order chi connectivity index (χ0) is 23.8. The number of Topliss-reactive ketones (excluding diaryl/α,β-unsaturated/α-hetero) is 1. The first kappa shape index (κ1) is 22.7. The maximum Gasteiger partial charge on any atom is 0.162 e. The van der Waals surface area contributed by atoms with Crippen LogP contribution in [0.1, 0.15) is 52.0 Å². The molecule has 2 aliphatic rings. The van der Waals surface area contributed by atoms with Gasteiger partial charge in [-0.2, -0.15) is 5.26 Å². The minimum Gasteiger partial charge on any atom is -0.384 e. The first-order valence-electron chi connectivity index (χ1n) is 11.7. The average molecular weight is 441 g/mol. The molecule has 0 saturated heterocycles. The third kappa shape index (κ3) is 4.02. The molecule has 5 nitrogen and oxygen atoms in total. The van der Waals surface area contributed by atoms with E-state index in [0.717, 1.165) is 42.1 Å². The van der Waals surface area contributed by atoms with Crippen LogP contribution in [0.4, 0.5) is 11.4 Å². The van der Waals surface area contributed by atoms with Crippen LogP contribution in [-0.4, -0.2) is 18.9 Å². The van der Waals surface area contributed by atoms with Crippen molar-refractivity contribution in [3.63, 3.8) is 0 Å². The van der Waals surface area contributed by atoms with Crippen molar-refractivity contribution >= 4 is 17.2 Å². The first-order valence-corrected chi connectivity index (χ1v) is 11.7. The Morgan fingerprint density at radius 2 is 1.70 bits per heavy atom. The van der Waals surface area contributed by atoms with Gasteiger partial charge in [-0.1, -0.05) is 44.2 Å². The number of carbonyl (C=O) groups is 1. The number of hydrogen-bond donors (Lipinski definition) is 1. The van der Waals surface area contributed by atoms with Gasteiger partial charge in [0, 0.05) is 42.2 Å². The van der Waals surface area contributed by atoms with Gasteiger partial charge >= 0.3 is 0 Å². The second kappa shape index (κ2) is 8.78. The Morgan fingerprint density at radius 1 is 1.06 bits per heavy atom. The molecule has 0 bridgehead atoms. The Kier molecular flexibility index (Phi) is 6.03. The van der Waals surface area contributed by atoms with Crippen LogP contribution < -0.4 is 15.5 Å². The number of benzene rings is 2. The molecule has 0 aromatic heterocycles. The SMILES string of the molecule is CCN(CC)c1ccc(C2C(C#N)=C(N)N(c3ccccc3)C3=C2C(=O)CC(C)(C)C3)cc1. The average Bonchev–Trinajstić information content (AvgIpc) is 2.79. The van der Waals surface area contributed by atoms with E-state index in [0.29, 0.717) is 23.4 Å². The van der Waals surface area contributed by atoms with Crippen LogP contribution in [0.3, 0.4) is 0 Å². The van der Waals surface area contributed by atoms with Gasteiger partial charge < -0.3 is 10.6 Å². The summed E-state index contributed by atoms with van der Waals surface area (Å²) in [6.45, 7) is 10.3. The van der Waals surface area contributed by atoms with Crippen molar-refractivity contribution in [1.82, 2.24) is 0 Å². The van der Waals surface area contributed by atoms with Gasteiger partial charge in [0.2, 0.25) is 0 Å². The van der Waals surface area contributed by atoms with Crippen LogP contribution in [0.2, 0.25) is 0 Å². The Labute approximate surface area is 196 Å². The molecular weight excluding hydrogens is 408 g/mol. The molecule has 2 aromatic rings. The summed E-state index contributed by atoms with van der Waals surface area (Å²) in [5.41, 5.74) is 11.5. The summed E-state index contributed by atoms with van der Waals surface area (Å²) in [4.78, 5) is 17.8. The molecule has 2 aromatic carbocycles. The molecule has 33 heavy (non-hydrogen) atoms. The van der Waals surface area contributed by atoms with Gasteiger partial charge in [0.25, 0.3) is 0 Å². The van der Waals surface area contributed by atoms with Crippen molar-refractivity contribution in [1.29, 1.82) is 5.26 Å². The van der Waals surface area contributed by atoms with Crippen LogP contribution in [0, 0.1) is 16.7 Å². The van der Waals surface area contributed by atoms with Gasteiger partial charge in [-0.3, -0.25) is 9.69 Å². The number of hydrogen-bond acceptors (Lipinski definition) is 5. The molecule has 0 saturated carbocycles. The molecule has 1 heterocycles. The van der Waals surface area contributed by atoms with Crippen LogP contribution in [-0.2, 0) is 4.79 Å². The van der Waals surface area contributed by atoms with Crippen molar-refractivity contribution in [3.05, 3.63) is 82.8 Å². The number of anilines is 2. The maximum atomic E-state index is 13.6. The summed E-state index contributed by atoms with van der Waals surface area (Å²) in [5.74, 6) is 0.0605. The first-order chi connectivity index (χ1) is 15.8. The van der Waals surface area contributed by atoms with Crippen molar-refractivity contribution in [2.45, 2.75) is 46.5 Å². The van der Waals surface area contributed by atoms with Crippen molar-refractivity contribution < 1.29 is 4.79 Å². The largest absolute Gasteiger partial charge is 0.384 e. The summed E-state index contributed by atoms with van der Waals surface area (Å²) < 4.78 is 0. The highest BCUT2D eigenvalue weighted by atomic mass is 16.1. The molecule has 1 aliphatic carbocycles. The lowest BCUT2D eigenvalue weighted by Crippen LogP contribution is -2.42. The number of carbonyl (C=O) groups excluding carboxylic acids is 1. The molecule has 0 amide bonds. The summed E-state index contributed by atoms with van der Waals surface area (Å²) in [7, 11) is 0. The highest BCUT2D eigenvalue weighted by Crippen LogP contribution is 2.50. The van der Waals surface area contributed by atoms with Crippen LogP contribution >= 0.6 is 0 Å². The zero-order valence-corrected chi connectivity index (χ0v) is 19.9. The second-order valence-corrected chi connectivity index (χ2v) is 9.58. The number of nitriles is 1. The van der Waals surface area contributed by atoms with Crippen LogP contribution in [0.5, 0.6) is 0 Å². The van der Waals surface area contributed by atoms with Gasteiger partial charge in [0.15, 0.2) is 5.78 Å². The highest BCUT2D eigenvalue weighted by molar-refractivity contribution is 6.01. The topological polar surface area (TPSA) is 73.4 Å². The number of para-hydroxylation sites is 1. The molecule has 1 unspecified atom stereocenters. The van der Waals surface area contributed by atoms with E-state index in [4.69, 9.17) is 5.73 Å². The molecule has 0 radical (unpaired) electrons. The Bertz CT molecular complexity index is 1150. The maximum absolute atomic E-state index is 13.6. The third-order valence-electron chi connectivity index (χ3n) is 6.75. The van der Waals surface area contributed by atoms with Crippen molar-refractivity contribution in [2.75, 3.05) is 22.9 Å². The number of rotatable bonds is 5. The number of nitrogens with two attached hydrogens (primary N) is 1. The molecular formula is C28H32N4O. The van der Waals surface area contributed by atoms with Gasteiger partial charge in [0.05, 0.1) is 17.6 Å². The van der Waals surface area contributed by atoms with E-state index >= 15 is 0 Å². The summed E-state index contributed by atoms with van der Waals surface area (Å²) >= 11 is 0. The molecule has 2 N–H and O–H groups in total.